The van der Waals surface area contributed by atoms with Gasteiger partial charge in [0.2, 0.25) is 5.88 Å². The van der Waals surface area contributed by atoms with Crippen LogP contribution >= 0.6 is 0 Å². The van der Waals surface area contributed by atoms with Crippen LogP contribution in [-0.2, 0) is 16.5 Å². The summed E-state index contributed by atoms with van der Waals surface area (Å²) in [5.74, 6) is -0.338. The summed E-state index contributed by atoms with van der Waals surface area (Å²) >= 11 is 0. The second-order valence-electron chi connectivity index (χ2n) is 6.26. The zero-order valence-electron chi connectivity index (χ0n) is 15.0. The maximum absolute atomic E-state index is 13.2. The number of hydrogen-bond acceptors (Lipinski definition) is 4. The van der Waals surface area contributed by atoms with E-state index in [-0.39, 0.29) is 10.8 Å². The van der Waals surface area contributed by atoms with Crippen molar-refractivity contribution in [1.82, 2.24) is 9.78 Å². The van der Waals surface area contributed by atoms with Crippen molar-refractivity contribution >= 4 is 20.9 Å². The van der Waals surface area contributed by atoms with Gasteiger partial charge in [0.1, 0.15) is 10.7 Å². The maximum Gasteiger partial charge on any atom is 0.340 e. The molecule has 0 aliphatic rings. The molecule has 0 saturated carbocycles. The number of rotatable bonds is 5. The van der Waals surface area contributed by atoms with Gasteiger partial charge in [-0.05, 0) is 53.6 Å². The fourth-order valence-electron chi connectivity index (χ4n) is 2.89. The Labute approximate surface area is 162 Å². The third-order valence-corrected chi connectivity index (χ3v) is 5.59. The number of benzene rings is 3. The van der Waals surface area contributed by atoms with Gasteiger partial charge in [-0.15, -0.1) is 0 Å². The molecule has 0 spiro atoms. The van der Waals surface area contributed by atoms with Gasteiger partial charge in [0.05, 0.1) is 11.4 Å². The summed E-state index contributed by atoms with van der Waals surface area (Å²) < 4.78 is 45.7. The molecule has 0 fully saturated rings. The molecule has 0 atom stereocenters. The Morgan fingerprint density at radius 1 is 0.964 bits per heavy atom. The molecule has 0 bridgehead atoms. The molecule has 0 N–H and O–H groups in total. The maximum atomic E-state index is 13.2. The molecule has 142 valence electrons. The molecule has 1 heterocycles. The Kier molecular flexibility index (Phi) is 4.60. The SMILES string of the molecule is CCc1cc(OS(=O)(=O)c2ccc3ccccc3c2)n(-c2ccc(F)cc2)n1. The van der Waals surface area contributed by atoms with E-state index in [1.54, 1.807) is 18.2 Å². The number of aryl methyl sites for hydroxylation is 1. The van der Waals surface area contributed by atoms with Crippen LogP contribution in [-0.4, -0.2) is 18.2 Å². The molecule has 1 aromatic heterocycles. The average Bonchev–Trinajstić information content (AvgIpc) is 3.10. The van der Waals surface area contributed by atoms with E-state index in [1.165, 1.54) is 35.0 Å². The summed E-state index contributed by atoms with van der Waals surface area (Å²) in [4.78, 5) is 0.0519. The average molecular weight is 396 g/mol. The first-order chi connectivity index (χ1) is 13.5. The van der Waals surface area contributed by atoms with Crippen molar-refractivity contribution in [2.45, 2.75) is 18.2 Å². The molecule has 4 aromatic rings. The first-order valence-corrected chi connectivity index (χ1v) is 10.2. The van der Waals surface area contributed by atoms with Crippen molar-refractivity contribution in [2.24, 2.45) is 0 Å². The normalized spacial score (nSPS) is 11.6. The van der Waals surface area contributed by atoms with E-state index in [1.807, 2.05) is 31.2 Å². The lowest BCUT2D eigenvalue weighted by molar-refractivity contribution is 0.465. The molecule has 7 heteroatoms. The van der Waals surface area contributed by atoms with Gasteiger partial charge >= 0.3 is 10.1 Å². The van der Waals surface area contributed by atoms with Crippen LogP contribution in [0.25, 0.3) is 16.5 Å². The summed E-state index contributed by atoms with van der Waals surface area (Å²) in [6.45, 7) is 1.90. The van der Waals surface area contributed by atoms with Crippen LogP contribution < -0.4 is 4.18 Å². The highest BCUT2D eigenvalue weighted by molar-refractivity contribution is 7.87. The van der Waals surface area contributed by atoms with Crippen LogP contribution in [0.15, 0.2) is 77.7 Å². The van der Waals surface area contributed by atoms with Crippen molar-refractivity contribution in [3.8, 4) is 11.6 Å². The van der Waals surface area contributed by atoms with Crippen LogP contribution in [0.4, 0.5) is 4.39 Å². The minimum absolute atomic E-state index is 0.0519. The highest BCUT2D eigenvalue weighted by atomic mass is 32.2. The topological polar surface area (TPSA) is 61.2 Å². The molecule has 0 saturated heterocycles. The number of fused-ring (bicyclic) bond motifs is 1. The molecule has 0 radical (unpaired) electrons. The zero-order chi connectivity index (χ0) is 19.7. The minimum atomic E-state index is -4.07. The van der Waals surface area contributed by atoms with Crippen molar-refractivity contribution in [3.63, 3.8) is 0 Å². The van der Waals surface area contributed by atoms with Crippen molar-refractivity contribution in [3.05, 3.63) is 84.3 Å². The van der Waals surface area contributed by atoms with Crippen LogP contribution in [0.1, 0.15) is 12.6 Å². The molecule has 0 aliphatic carbocycles. The first kappa shape index (κ1) is 18.2. The second kappa shape index (κ2) is 7.09. The second-order valence-corrected chi connectivity index (χ2v) is 7.81. The van der Waals surface area contributed by atoms with Crippen LogP contribution in [0, 0.1) is 5.82 Å². The van der Waals surface area contributed by atoms with Gasteiger partial charge in [0, 0.05) is 6.07 Å². The van der Waals surface area contributed by atoms with Gasteiger partial charge in [-0.25, -0.2) is 4.39 Å². The predicted octanol–water partition coefficient (Wildman–Crippen LogP) is 4.49. The number of nitrogens with zero attached hydrogens (tertiary/aromatic N) is 2. The van der Waals surface area contributed by atoms with E-state index in [0.29, 0.717) is 17.8 Å². The number of hydrogen-bond donors (Lipinski definition) is 0. The van der Waals surface area contributed by atoms with Crippen LogP contribution in [0.2, 0.25) is 0 Å². The molecule has 5 nitrogen and oxygen atoms in total. The molecular weight excluding hydrogens is 379 g/mol. The Morgan fingerprint density at radius 3 is 2.39 bits per heavy atom. The first-order valence-electron chi connectivity index (χ1n) is 8.74. The van der Waals surface area contributed by atoms with E-state index in [9.17, 15) is 12.8 Å². The lowest BCUT2D eigenvalue weighted by atomic mass is 10.1. The summed E-state index contributed by atoms with van der Waals surface area (Å²) in [6.07, 6.45) is 0.598. The fourth-order valence-corrected chi connectivity index (χ4v) is 3.84. The Morgan fingerprint density at radius 2 is 1.68 bits per heavy atom. The molecule has 0 aliphatic heterocycles. The zero-order valence-corrected chi connectivity index (χ0v) is 15.9. The summed E-state index contributed by atoms with van der Waals surface area (Å²) in [7, 11) is -4.07. The standard InChI is InChI=1S/C21H17FN2O3S/c1-2-18-14-21(24(23-18)19-10-8-17(22)9-11-19)27-28(25,26)20-12-7-15-5-3-4-6-16(15)13-20/h3-14H,2H2,1H3. The Bertz CT molecular complexity index is 1250. The van der Waals surface area contributed by atoms with Crippen LogP contribution in [0.3, 0.4) is 0 Å². The lowest BCUT2D eigenvalue weighted by Gasteiger charge is -2.10. The monoisotopic (exact) mass is 396 g/mol. The highest BCUT2D eigenvalue weighted by Crippen LogP contribution is 2.26. The van der Waals surface area contributed by atoms with E-state index < -0.39 is 15.9 Å². The smallest absolute Gasteiger partial charge is 0.340 e. The van der Waals surface area contributed by atoms with Gasteiger partial charge in [-0.1, -0.05) is 37.3 Å². The van der Waals surface area contributed by atoms with Gasteiger partial charge < -0.3 is 4.18 Å². The van der Waals surface area contributed by atoms with E-state index in [2.05, 4.69) is 5.10 Å². The Balaban J connectivity index is 1.74. The largest absolute Gasteiger partial charge is 0.358 e. The van der Waals surface area contributed by atoms with Crippen molar-refractivity contribution in [1.29, 1.82) is 0 Å². The third-order valence-electron chi connectivity index (χ3n) is 4.37. The quantitative estimate of drug-likeness (QED) is 0.466. The lowest BCUT2D eigenvalue weighted by Crippen LogP contribution is -2.12. The molecule has 4 rings (SSSR count). The Hall–Kier alpha value is -3.19. The molecule has 0 amide bonds. The van der Waals surface area contributed by atoms with E-state index in [0.717, 1.165) is 10.8 Å². The number of aromatic nitrogens is 2. The van der Waals surface area contributed by atoms with Gasteiger partial charge in [0.25, 0.3) is 0 Å². The molecule has 28 heavy (non-hydrogen) atoms. The third kappa shape index (κ3) is 3.48. The van der Waals surface area contributed by atoms with Crippen molar-refractivity contribution < 1.29 is 17.0 Å². The summed E-state index contributed by atoms with van der Waals surface area (Å²) in [6, 6.07) is 19.5. The fraction of sp³-hybridized carbons (Fsp3) is 0.0952. The highest BCUT2D eigenvalue weighted by Gasteiger charge is 2.21. The molecule has 0 unspecified atom stereocenters. The predicted molar refractivity (Wildman–Crippen MR) is 105 cm³/mol. The van der Waals surface area contributed by atoms with Crippen molar-refractivity contribution in [2.75, 3.05) is 0 Å². The summed E-state index contributed by atoms with van der Waals surface area (Å²) in [5.41, 5.74) is 1.16. The van der Waals surface area contributed by atoms with Gasteiger partial charge in [-0.2, -0.15) is 18.2 Å². The van der Waals surface area contributed by atoms with E-state index >= 15 is 0 Å². The van der Waals surface area contributed by atoms with E-state index in [4.69, 9.17) is 4.18 Å². The summed E-state index contributed by atoms with van der Waals surface area (Å²) in [5, 5.41) is 6.10. The van der Waals surface area contributed by atoms with Gasteiger partial charge in [0.15, 0.2) is 0 Å². The number of halogens is 1. The van der Waals surface area contributed by atoms with Gasteiger partial charge in [-0.3, -0.25) is 0 Å². The molecular formula is C21H17FN2O3S. The minimum Gasteiger partial charge on any atom is -0.358 e. The molecule has 3 aromatic carbocycles. The van der Waals surface area contributed by atoms with Crippen LogP contribution in [0.5, 0.6) is 5.88 Å².